The van der Waals surface area contributed by atoms with E-state index in [0.717, 1.165) is 10.0 Å². The van der Waals surface area contributed by atoms with Gasteiger partial charge in [-0.3, -0.25) is 0 Å². The summed E-state index contributed by atoms with van der Waals surface area (Å²) in [6.45, 7) is 2.04. The summed E-state index contributed by atoms with van der Waals surface area (Å²) in [5.41, 5.74) is 13.9. The third kappa shape index (κ3) is 2.03. The van der Waals surface area contributed by atoms with Gasteiger partial charge in [0.15, 0.2) is 0 Å². The van der Waals surface area contributed by atoms with Crippen molar-refractivity contribution in [2.24, 2.45) is 5.73 Å². The Morgan fingerprint density at radius 2 is 1.88 bits per heavy atom. The zero-order valence-corrected chi connectivity index (χ0v) is 10.6. The van der Waals surface area contributed by atoms with Gasteiger partial charge in [-0.05, 0) is 0 Å². The molecule has 0 fully saturated rings. The van der Waals surface area contributed by atoms with Gasteiger partial charge in [0.2, 0.25) is 0 Å². The fraction of sp³-hybridized carbons (Fsp3) is 0.0833. The Labute approximate surface area is 99.8 Å². The summed E-state index contributed by atoms with van der Waals surface area (Å²) in [7, 11) is 0. The molecule has 0 radical (unpaired) electrons. The molecule has 1 aromatic heterocycles. The fourth-order valence-corrected chi connectivity index (χ4v) is 3.42. The minimum absolute atomic E-state index is 0.0643. The van der Waals surface area contributed by atoms with E-state index in [2.05, 4.69) is 0 Å². The van der Waals surface area contributed by atoms with Gasteiger partial charge in [0.25, 0.3) is 0 Å². The molecule has 82 valence electrons. The molecule has 4 N–H and O–H groups in total. The van der Waals surface area contributed by atoms with Crippen LogP contribution in [0.25, 0.3) is 10.0 Å². The predicted octanol–water partition coefficient (Wildman–Crippen LogP) is 1.40. The number of hydrogen-bond donors (Lipinski definition) is 2. The number of benzene rings is 1. The van der Waals surface area contributed by atoms with Crippen molar-refractivity contribution in [3.8, 4) is 10.0 Å². The molecule has 4 heteroatoms. The van der Waals surface area contributed by atoms with Crippen LogP contribution in [0.2, 0.25) is 0 Å². The predicted molar refractivity (Wildman–Crippen MR) is 66.5 cm³/mol. The normalized spacial score (nSPS) is 10.3. The summed E-state index contributed by atoms with van der Waals surface area (Å²) in [4.78, 5) is 11.1. The van der Waals surface area contributed by atoms with E-state index in [-0.39, 0.29) is 14.5 Å². The van der Waals surface area contributed by atoms with E-state index in [1.54, 1.807) is 0 Å². The van der Waals surface area contributed by atoms with Gasteiger partial charge in [-0.2, -0.15) is 0 Å². The maximum absolute atomic E-state index is 11.1. The SMILES string of the molecule is Cc1ccc(-c2cc(N)c(C(N)=O)[se]2)cc1. The number of amides is 1. The molecule has 1 aromatic carbocycles. The summed E-state index contributed by atoms with van der Waals surface area (Å²) in [6, 6.07) is 10.0. The van der Waals surface area contributed by atoms with Crippen LogP contribution in [0, 0.1) is 6.92 Å². The summed E-state index contributed by atoms with van der Waals surface area (Å²) in [5.74, 6) is -0.407. The second-order valence-corrected chi connectivity index (χ2v) is 5.83. The Kier molecular flexibility index (Phi) is 2.86. The van der Waals surface area contributed by atoms with Crippen LogP contribution >= 0.6 is 0 Å². The van der Waals surface area contributed by atoms with E-state index in [9.17, 15) is 4.79 Å². The van der Waals surface area contributed by atoms with Crippen molar-refractivity contribution in [1.82, 2.24) is 0 Å². The number of primary amides is 1. The third-order valence-corrected chi connectivity index (χ3v) is 4.87. The molecular weight excluding hydrogens is 267 g/mol. The number of nitrogen functional groups attached to an aromatic ring is 1. The van der Waals surface area contributed by atoms with Gasteiger partial charge in [-0.15, -0.1) is 0 Å². The van der Waals surface area contributed by atoms with E-state index in [4.69, 9.17) is 11.5 Å². The number of nitrogens with two attached hydrogens (primary N) is 2. The Morgan fingerprint density at radius 1 is 1.25 bits per heavy atom. The van der Waals surface area contributed by atoms with Crippen LogP contribution in [-0.4, -0.2) is 20.4 Å². The van der Waals surface area contributed by atoms with E-state index in [0.29, 0.717) is 10.1 Å². The monoisotopic (exact) mass is 280 g/mol. The molecule has 2 rings (SSSR count). The molecule has 1 amide bonds. The van der Waals surface area contributed by atoms with Gasteiger partial charge in [-0.25, -0.2) is 0 Å². The molecule has 0 atom stereocenters. The van der Waals surface area contributed by atoms with Gasteiger partial charge >= 0.3 is 99.6 Å². The Morgan fingerprint density at radius 3 is 2.38 bits per heavy atom. The summed E-state index contributed by atoms with van der Waals surface area (Å²) < 4.78 is 1.68. The average Bonchev–Trinajstić information content (AvgIpc) is 2.61. The van der Waals surface area contributed by atoms with E-state index in [1.165, 1.54) is 5.56 Å². The van der Waals surface area contributed by atoms with Crippen LogP contribution in [0.1, 0.15) is 14.8 Å². The van der Waals surface area contributed by atoms with E-state index in [1.807, 2.05) is 37.3 Å². The van der Waals surface area contributed by atoms with Crippen molar-refractivity contribution >= 4 is 26.1 Å². The number of anilines is 1. The van der Waals surface area contributed by atoms with Crippen LogP contribution in [0.5, 0.6) is 0 Å². The summed E-state index contributed by atoms with van der Waals surface area (Å²) >= 11 is -0.0643. The molecular formula is C12H12N2OSe. The molecule has 1 heterocycles. The Hall–Kier alpha value is -1.51. The summed E-state index contributed by atoms with van der Waals surface area (Å²) in [5, 5.41) is 0. The van der Waals surface area contributed by atoms with Crippen molar-refractivity contribution < 1.29 is 4.79 Å². The van der Waals surface area contributed by atoms with Crippen molar-refractivity contribution in [3.63, 3.8) is 0 Å². The Bertz CT molecular complexity index is 528. The standard InChI is InChI=1S/C12H12N2OSe/c1-7-2-4-8(5-3-7)10-6-9(13)11(16-10)12(14)15/h2-6H,13H2,1H3,(H2,14,15). The van der Waals surface area contributed by atoms with Crippen LogP contribution in [0.4, 0.5) is 5.69 Å². The van der Waals surface area contributed by atoms with Crippen molar-refractivity contribution in [3.05, 3.63) is 40.3 Å². The number of hydrogen-bond acceptors (Lipinski definition) is 2. The second kappa shape index (κ2) is 4.16. The first-order chi connectivity index (χ1) is 7.58. The molecule has 0 spiro atoms. The average molecular weight is 279 g/mol. The molecule has 0 unspecified atom stereocenters. The van der Waals surface area contributed by atoms with E-state index >= 15 is 0 Å². The molecule has 2 aromatic rings. The molecule has 0 aliphatic carbocycles. The molecule has 0 aliphatic heterocycles. The minimum atomic E-state index is -0.407. The molecule has 0 saturated heterocycles. The van der Waals surface area contributed by atoms with Crippen molar-refractivity contribution in [2.45, 2.75) is 6.92 Å². The van der Waals surface area contributed by atoms with Gasteiger partial charge in [0, 0.05) is 0 Å². The molecule has 0 aliphatic rings. The first kappa shape index (κ1) is 11.0. The van der Waals surface area contributed by atoms with Gasteiger partial charge in [0.05, 0.1) is 0 Å². The zero-order chi connectivity index (χ0) is 11.7. The van der Waals surface area contributed by atoms with Crippen LogP contribution in [0.15, 0.2) is 30.3 Å². The van der Waals surface area contributed by atoms with Gasteiger partial charge in [-0.1, -0.05) is 0 Å². The number of carbonyl (C=O) groups is 1. The maximum atomic E-state index is 11.1. The first-order valence-electron chi connectivity index (χ1n) is 4.84. The summed E-state index contributed by atoms with van der Waals surface area (Å²) in [6.07, 6.45) is 0. The van der Waals surface area contributed by atoms with Crippen LogP contribution < -0.4 is 11.5 Å². The van der Waals surface area contributed by atoms with Gasteiger partial charge in [0.1, 0.15) is 0 Å². The van der Waals surface area contributed by atoms with Crippen molar-refractivity contribution in [1.29, 1.82) is 0 Å². The third-order valence-electron chi connectivity index (χ3n) is 2.32. The van der Waals surface area contributed by atoms with Crippen LogP contribution in [0.3, 0.4) is 0 Å². The fourth-order valence-electron chi connectivity index (χ4n) is 1.46. The number of carbonyl (C=O) groups excluding carboxylic acids is 1. The number of rotatable bonds is 2. The quantitative estimate of drug-likeness (QED) is 0.816. The molecule has 0 saturated carbocycles. The Balaban J connectivity index is 2.45. The van der Waals surface area contributed by atoms with Gasteiger partial charge < -0.3 is 0 Å². The molecule has 16 heavy (non-hydrogen) atoms. The first-order valence-corrected chi connectivity index (χ1v) is 6.55. The second-order valence-electron chi connectivity index (χ2n) is 3.63. The number of aryl methyl sites for hydroxylation is 1. The van der Waals surface area contributed by atoms with Crippen LogP contribution in [-0.2, 0) is 0 Å². The topological polar surface area (TPSA) is 69.1 Å². The van der Waals surface area contributed by atoms with E-state index < -0.39 is 5.91 Å². The molecule has 0 bridgehead atoms. The van der Waals surface area contributed by atoms with Crippen molar-refractivity contribution in [2.75, 3.05) is 5.73 Å². The molecule has 3 nitrogen and oxygen atoms in total. The zero-order valence-electron chi connectivity index (χ0n) is 8.86.